The molecular formula is C30H33FN10OS2. The molecular weight excluding hydrogens is 600 g/mol. The number of nitrogen functional groups attached to an aromatic ring is 2. The van der Waals surface area contributed by atoms with Crippen molar-refractivity contribution in [3.63, 3.8) is 0 Å². The maximum atomic E-state index is 13.2. The summed E-state index contributed by atoms with van der Waals surface area (Å²) in [5.74, 6) is 2.12. The van der Waals surface area contributed by atoms with Crippen LogP contribution in [0.1, 0.15) is 53.4 Å². The van der Waals surface area contributed by atoms with Crippen molar-refractivity contribution < 1.29 is 9.13 Å². The molecule has 0 unspecified atom stereocenters. The second-order valence-corrected chi connectivity index (χ2v) is 13.8. The summed E-state index contributed by atoms with van der Waals surface area (Å²) < 4.78 is 19.1. The quantitative estimate of drug-likeness (QED) is 0.363. The van der Waals surface area contributed by atoms with Crippen molar-refractivity contribution in [2.45, 2.75) is 42.9 Å². The molecule has 2 saturated heterocycles. The van der Waals surface area contributed by atoms with Crippen LogP contribution >= 0.6 is 23.1 Å². The summed E-state index contributed by atoms with van der Waals surface area (Å²) in [4.78, 5) is 21.1. The molecule has 44 heavy (non-hydrogen) atoms. The van der Waals surface area contributed by atoms with Crippen LogP contribution in [0.5, 0.6) is 6.01 Å². The van der Waals surface area contributed by atoms with Gasteiger partial charge < -0.3 is 26.0 Å². The fourth-order valence-electron chi connectivity index (χ4n) is 6.42. The van der Waals surface area contributed by atoms with E-state index in [0.29, 0.717) is 78.1 Å². The van der Waals surface area contributed by atoms with Crippen LogP contribution in [-0.4, -0.2) is 65.7 Å². The molecule has 0 saturated carbocycles. The van der Waals surface area contributed by atoms with Crippen molar-refractivity contribution in [1.29, 1.82) is 10.5 Å². The second kappa shape index (κ2) is 11.8. The molecule has 2 fully saturated rings. The smallest absolute Gasteiger partial charge is 0.320 e. The summed E-state index contributed by atoms with van der Waals surface area (Å²) in [6.45, 7) is 6.44. The van der Waals surface area contributed by atoms with Gasteiger partial charge in [-0.15, -0.1) is 23.1 Å². The number of thiophene rings is 1. The van der Waals surface area contributed by atoms with Crippen LogP contribution in [0.2, 0.25) is 0 Å². The van der Waals surface area contributed by atoms with Crippen LogP contribution in [0.15, 0.2) is 30.2 Å². The van der Waals surface area contributed by atoms with Gasteiger partial charge in [-0.3, -0.25) is 4.90 Å². The van der Waals surface area contributed by atoms with Gasteiger partial charge in [-0.1, -0.05) is 6.07 Å². The number of hydrogen-bond acceptors (Lipinski definition) is 13. The van der Waals surface area contributed by atoms with Crippen LogP contribution in [0.4, 0.5) is 26.8 Å². The summed E-state index contributed by atoms with van der Waals surface area (Å²) in [6, 6.07) is 8.28. The molecule has 14 heteroatoms. The monoisotopic (exact) mass is 632 g/mol. The maximum Gasteiger partial charge on any atom is 0.320 e. The standard InChI is InChI=1S/C30H33FN10OS2/c1-4-41(17(2)20-6-5-7-36-25(20)34)28-22(11-33)27(37-29(38-28)42-13-19-8-18(9-31)12-39(19)3)40-15-30(16-40)24-21(10-32)26(35)44-23(24)14-43-30/h5-7,9,17,19H,4,8,12-16,35H2,1-3H3,(H2,34,36)/t17-,19+/m1/s1. The SMILES string of the molecule is CCN(c1nc(OC[C@@H]2CC(=CF)CN2C)nc(N2CC3(C2)SCc2sc(N)c(C#N)c23)c1C#N)[C@H](C)c1cccnc1N. The largest absolute Gasteiger partial charge is 0.462 e. The van der Waals surface area contributed by atoms with E-state index in [1.54, 1.807) is 18.0 Å². The number of nitrogens with zero attached hydrogens (tertiary/aromatic N) is 8. The molecule has 3 aromatic heterocycles. The molecule has 3 aliphatic rings. The first-order chi connectivity index (χ1) is 21.2. The lowest BCUT2D eigenvalue weighted by Gasteiger charge is -2.49. The first-order valence-electron chi connectivity index (χ1n) is 14.3. The van der Waals surface area contributed by atoms with Gasteiger partial charge in [0.1, 0.15) is 35.1 Å². The number of fused-ring (bicyclic) bond motifs is 2. The van der Waals surface area contributed by atoms with Gasteiger partial charge in [0.2, 0.25) is 0 Å². The van der Waals surface area contributed by atoms with Gasteiger partial charge in [0.25, 0.3) is 0 Å². The number of pyridine rings is 1. The van der Waals surface area contributed by atoms with Gasteiger partial charge in [0, 0.05) is 60.2 Å². The molecule has 4 N–H and O–H groups in total. The number of ether oxygens (including phenoxy) is 1. The minimum atomic E-state index is -0.295. The van der Waals surface area contributed by atoms with Crippen molar-refractivity contribution in [2.24, 2.45) is 0 Å². The number of rotatable bonds is 8. The van der Waals surface area contributed by atoms with E-state index in [2.05, 4.69) is 22.0 Å². The molecule has 0 aromatic carbocycles. The van der Waals surface area contributed by atoms with Crippen molar-refractivity contribution in [3.8, 4) is 18.1 Å². The zero-order valence-electron chi connectivity index (χ0n) is 24.7. The summed E-state index contributed by atoms with van der Waals surface area (Å²) >= 11 is 3.28. The molecule has 3 aromatic rings. The Labute approximate surface area is 263 Å². The van der Waals surface area contributed by atoms with Crippen molar-refractivity contribution >= 4 is 45.6 Å². The van der Waals surface area contributed by atoms with Crippen LogP contribution in [0.25, 0.3) is 0 Å². The van der Waals surface area contributed by atoms with Crippen molar-refractivity contribution in [3.05, 3.63) is 57.4 Å². The Balaban J connectivity index is 1.37. The number of likely N-dealkylation sites (N-methyl/N-ethyl adjacent to an activating group) is 1. The Morgan fingerprint density at radius 3 is 2.70 bits per heavy atom. The molecule has 11 nitrogen and oxygen atoms in total. The third-order valence-corrected chi connectivity index (χ3v) is 11.4. The summed E-state index contributed by atoms with van der Waals surface area (Å²) in [5, 5.41) is 20.9. The molecule has 2 atom stereocenters. The highest BCUT2D eigenvalue weighted by Gasteiger charge is 2.53. The molecule has 0 amide bonds. The third-order valence-electron chi connectivity index (χ3n) is 8.74. The third kappa shape index (κ3) is 4.97. The highest BCUT2D eigenvalue weighted by atomic mass is 32.2. The summed E-state index contributed by atoms with van der Waals surface area (Å²) in [7, 11) is 1.93. The van der Waals surface area contributed by atoms with Gasteiger partial charge in [-0.25, -0.2) is 9.37 Å². The van der Waals surface area contributed by atoms with Gasteiger partial charge in [-0.05, 0) is 39.0 Å². The zero-order chi connectivity index (χ0) is 31.2. The molecule has 1 spiro atoms. The summed E-state index contributed by atoms with van der Waals surface area (Å²) in [6.07, 6.45) is 2.87. The Hall–Kier alpha value is -4.11. The molecule has 228 valence electrons. The van der Waals surface area contributed by atoms with Crippen molar-refractivity contribution in [1.82, 2.24) is 19.9 Å². The second-order valence-electron chi connectivity index (χ2n) is 11.3. The first-order valence-corrected chi connectivity index (χ1v) is 16.1. The Bertz CT molecular complexity index is 1710. The van der Waals surface area contributed by atoms with E-state index in [1.807, 2.05) is 42.8 Å². The lowest BCUT2D eigenvalue weighted by Crippen LogP contribution is -2.57. The highest BCUT2D eigenvalue weighted by Crippen LogP contribution is 2.58. The number of hydrogen-bond donors (Lipinski definition) is 2. The predicted octanol–water partition coefficient (Wildman–Crippen LogP) is 4.33. The van der Waals surface area contributed by atoms with Crippen molar-refractivity contribution in [2.75, 3.05) is 61.1 Å². The number of nitriles is 2. The predicted molar refractivity (Wildman–Crippen MR) is 171 cm³/mol. The van der Waals surface area contributed by atoms with E-state index >= 15 is 0 Å². The molecule has 3 aliphatic heterocycles. The fraction of sp³-hybridized carbons (Fsp3) is 0.433. The maximum absolute atomic E-state index is 13.2. The number of anilines is 4. The van der Waals surface area contributed by atoms with Gasteiger partial charge >= 0.3 is 6.01 Å². The number of aromatic nitrogens is 3. The topological polar surface area (TPSA) is 157 Å². The van der Waals surface area contributed by atoms with Crippen LogP contribution in [0, 0.1) is 22.7 Å². The molecule has 6 rings (SSSR count). The van der Waals surface area contributed by atoms with Crippen LogP contribution in [0.3, 0.4) is 0 Å². The van der Waals surface area contributed by atoms with Gasteiger partial charge in [0.05, 0.1) is 22.7 Å². The Kier molecular flexibility index (Phi) is 8.01. The van der Waals surface area contributed by atoms with E-state index in [1.165, 1.54) is 11.3 Å². The molecule has 0 radical (unpaired) electrons. The molecule has 0 aliphatic carbocycles. The van der Waals surface area contributed by atoms with E-state index in [4.69, 9.17) is 26.2 Å². The van der Waals surface area contributed by atoms with E-state index in [9.17, 15) is 14.9 Å². The zero-order valence-corrected chi connectivity index (χ0v) is 26.4. The van der Waals surface area contributed by atoms with E-state index in [-0.39, 0.29) is 29.4 Å². The highest BCUT2D eigenvalue weighted by molar-refractivity contribution is 8.00. The number of likely N-dealkylation sites (tertiary alicyclic amines) is 1. The normalized spacial score (nSPS) is 20.3. The summed E-state index contributed by atoms with van der Waals surface area (Å²) in [5.41, 5.74) is 15.9. The fourth-order valence-corrected chi connectivity index (χ4v) is 9.23. The van der Waals surface area contributed by atoms with E-state index in [0.717, 1.165) is 21.8 Å². The average Bonchev–Trinajstić information content (AvgIpc) is 3.66. The Morgan fingerprint density at radius 1 is 1.27 bits per heavy atom. The number of nitrogens with two attached hydrogens (primary N) is 2. The molecule has 6 heterocycles. The minimum Gasteiger partial charge on any atom is -0.462 e. The number of halogens is 1. The van der Waals surface area contributed by atoms with Gasteiger partial charge in [0.15, 0.2) is 11.6 Å². The lowest BCUT2D eigenvalue weighted by molar-refractivity contribution is 0.187. The van der Waals surface area contributed by atoms with Crippen LogP contribution < -0.4 is 26.0 Å². The van der Waals surface area contributed by atoms with E-state index < -0.39 is 0 Å². The first kappa shape index (κ1) is 29.9. The minimum absolute atomic E-state index is 0.0337. The van der Waals surface area contributed by atoms with Crippen LogP contribution in [-0.2, 0) is 10.5 Å². The lowest BCUT2D eigenvalue weighted by atomic mass is 9.88. The van der Waals surface area contributed by atoms with Gasteiger partial charge in [-0.2, -0.15) is 20.5 Å². The number of thioether (sulfide) groups is 1. The molecule has 0 bridgehead atoms. The Morgan fingerprint density at radius 2 is 2.05 bits per heavy atom. The average molecular weight is 633 g/mol.